The summed E-state index contributed by atoms with van der Waals surface area (Å²) in [5, 5.41) is 14.1. The van der Waals surface area contributed by atoms with E-state index in [0.29, 0.717) is 22.0 Å². The largest absolute Gasteiger partial charge is 0.477 e. The van der Waals surface area contributed by atoms with Crippen molar-refractivity contribution in [3.8, 4) is 11.3 Å². The molecule has 21 heavy (non-hydrogen) atoms. The number of carboxylic acids is 1. The van der Waals surface area contributed by atoms with E-state index in [-0.39, 0.29) is 11.5 Å². The molecular weight excluding hydrogens is 290 g/mol. The van der Waals surface area contributed by atoms with Crippen LogP contribution in [0.25, 0.3) is 11.3 Å². The minimum Gasteiger partial charge on any atom is -0.477 e. The molecule has 1 aromatic carbocycles. The lowest BCUT2D eigenvalue weighted by Gasteiger charge is -2.06. The van der Waals surface area contributed by atoms with Crippen LogP contribution < -0.4 is 0 Å². The molecule has 0 saturated heterocycles. The second-order valence-corrected chi connectivity index (χ2v) is 5.93. The molecule has 1 fully saturated rings. The second kappa shape index (κ2) is 5.53. The van der Waals surface area contributed by atoms with Gasteiger partial charge in [-0.05, 0) is 31.4 Å². The minimum atomic E-state index is -0.996. The summed E-state index contributed by atoms with van der Waals surface area (Å²) in [5.74, 6) is -0.324. The number of halogens is 1. The summed E-state index contributed by atoms with van der Waals surface area (Å²) in [6.45, 7) is 1.90. The van der Waals surface area contributed by atoms with Crippen molar-refractivity contribution in [2.24, 2.45) is 0 Å². The van der Waals surface area contributed by atoms with Crippen LogP contribution in [0.2, 0.25) is 5.02 Å². The van der Waals surface area contributed by atoms with Crippen molar-refractivity contribution in [3.63, 3.8) is 0 Å². The summed E-state index contributed by atoms with van der Waals surface area (Å²) >= 11 is 6.12. The molecular formula is C16H16ClNO3. The maximum atomic E-state index is 11.7. The molecule has 1 N–H and O–H groups in total. The fourth-order valence-electron chi connectivity index (χ4n) is 2.91. The normalized spacial score (nSPS) is 15.5. The van der Waals surface area contributed by atoms with Gasteiger partial charge in [0.2, 0.25) is 0 Å². The summed E-state index contributed by atoms with van der Waals surface area (Å²) < 4.78 is 5.39. The van der Waals surface area contributed by atoms with E-state index in [1.807, 2.05) is 19.1 Å². The highest BCUT2D eigenvalue weighted by molar-refractivity contribution is 6.31. The van der Waals surface area contributed by atoms with Gasteiger partial charge in [-0.15, -0.1) is 0 Å². The summed E-state index contributed by atoms with van der Waals surface area (Å²) in [4.78, 5) is 11.7. The fourth-order valence-corrected chi connectivity index (χ4v) is 3.09. The zero-order chi connectivity index (χ0) is 15.0. The van der Waals surface area contributed by atoms with E-state index in [4.69, 9.17) is 16.1 Å². The van der Waals surface area contributed by atoms with Crippen LogP contribution in [0.1, 0.15) is 53.3 Å². The summed E-state index contributed by atoms with van der Waals surface area (Å²) in [6.07, 6.45) is 4.14. The molecule has 1 aliphatic rings. The van der Waals surface area contributed by atoms with Crippen molar-refractivity contribution < 1.29 is 14.4 Å². The first kappa shape index (κ1) is 14.1. The van der Waals surface area contributed by atoms with Gasteiger partial charge in [0, 0.05) is 16.5 Å². The Balaban J connectivity index is 2.09. The molecule has 0 unspecified atom stereocenters. The third kappa shape index (κ3) is 2.56. The number of hydrogen-bond donors (Lipinski definition) is 1. The van der Waals surface area contributed by atoms with Crippen LogP contribution in [0.3, 0.4) is 0 Å². The zero-order valence-electron chi connectivity index (χ0n) is 11.7. The average Bonchev–Trinajstić information content (AvgIpc) is 3.09. The van der Waals surface area contributed by atoms with Crippen molar-refractivity contribution in [3.05, 3.63) is 40.1 Å². The fraction of sp³-hybridized carbons (Fsp3) is 0.375. The molecule has 0 radical (unpaired) electrons. The van der Waals surface area contributed by atoms with Crippen LogP contribution in [-0.4, -0.2) is 16.2 Å². The van der Waals surface area contributed by atoms with Gasteiger partial charge < -0.3 is 9.63 Å². The van der Waals surface area contributed by atoms with Gasteiger partial charge in [0.15, 0.2) is 5.76 Å². The number of hydrogen-bond acceptors (Lipinski definition) is 3. The Morgan fingerprint density at radius 3 is 2.71 bits per heavy atom. The topological polar surface area (TPSA) is 63.3 Å². The lowest BCUT2D eigenvalue weighted by molar-refractivity contribution is 0.0694. The van der Waals surface area contributed by atoms with Gasteiger partial charge in [-0.1, -0.05) is 41.7 Å². The Kier molecular flexibility index (Phi) is 3.72. The van der Waals surface area contributed by atoms with Crippen LogP contribution in [-0.2, 0) is 0 Å². The Hall–Kier alpha value is -1.81. The average molecular weight is 306 g/mol. The quantitative estimate of drug-likeness (QED) is 0.895. The number of nitrogens with zero attached hydrogens (tertiary/aromatic N) is 1. The number of rotatable bonds is 3. The third-order valence-electron chi connectivity index (χ3n) is 4.10. The Morgan fingerprint density at radius 2 is 2.10 bits per heavy atom. The highest BCUT2D eigenvalue weighted by Gasteiger charge is 2.30. The highest BCUT2D eigenvalue weighted by atomic mass is 35.5. The van der Waals surface area contributed by atoms with E-state index in [2.05, 4.69) is 5.16 Å². The van der Waals surface area contributed by atoms with Gasteiger partial charge in [-0.2, -0.15) is 0 Å². The molecule has 0 spiro atoms. The lowest BCUT2D eigenvalue weighted by Crippen LogP contribution is -2.04. The number of aromatic nitrogens is 1. The maximum absolute atomic E-state index is 11.7. The van der Waals surface area contributed by atoms with Crippen LogP contribution in [0.15, 0.2) is 22.7 Å². The van der Waals surface area contributed by atoms with Crippen molar-refractivity contribution in [1.82, 2.24) is 5.16 Å². The minimum absolute atomic E-state index is 0.165. The summed E-state index contributed by atoms with van der Waals surface area (Å²) in [7, 11) is 0. The number of carbonyl (C=O) groups is 1. The van der Waals surface area contributed by atoms with E-state index >= 15 is 0 Å². The predicted octanol–water partition coefficient (Wildman–Crippen LogP) is 4.66. The molecule has 4 nitrogen and oxygen atoms in total. The number of carboxylic acid groups (broad SMARTS) is 1. The number of aromatic carboxylic acids is 1. The molecule has 1 heterocycles. The first-order valence-corrected chi connectivity index (χ1v) is 7.45. The van der Waals surface area contributed by atoms with E-state index < -0.39 is 5.97 Å². The standard InChI is InChI=1S/C16H16ClNO3/c1-9-6-7-11(8-12(9)17)14-13(16(19)20)15(21-18-14)10-4-2-3-5-10/h6-8,10H,2-5H2,1H3,(H,19,20). The van der Waals surface area contributed by atoms with E-state index in [0.717, 1.165) is 31.2 Å². The SMILES string of the molecule is Cc1ccc(-c2noc(C3CCCC3)c2C(=O)O)cc1Cl. The monoisotopic (exact) mass is 305 g/mol. The highest BCUT2D eigenvalue weighted by Crippen LogP contribution is 2.39. The summed E-state index contributed by atoms with van der Waals surface area (Å²) in [5.41, 5.74) is 2.17. The second-order valence-electron chi connectivity index (χ2n) is 5.52. The van der Waals surface area contributed by atoms with E-state index in [9.17, 15) is 9.90 Å². The van der Waals surface area contributed by atoms with Gasteiger partial charge >= 0.3 is 5.97 Å². The van der Waals surface area contributed by atoms with E-state index in [1.54, 1.807) is 6.07 Å². The Bertz CT molecular complexity index is 687. The molecule has 3 rings (SSSR count). The van der Waals surface area contributed by atoms with Crippen LogP contribution in [0.4, 0.5) is 0 Å². The van der Waals surface area contributed by atoms with Crippen LogP contribution >= 0.6 is 11.6 Å². The molecule has 1 saturated carbocycles. The smallest absolute Gasteiger partial charge is 0.341 e. The third-order valence-corrected chi connectivity index (χ3v) is 4.51. The zero-order valence-corrected chi connectivity index (χ0v) is 12.5. The molecule has 1 aromatic heterocycles. The molecule has 0 amide bonds. The van der Waals surface area contributed by atoms with Crippen molar-refractivity contribution in [1.29, 1.82) is 0 Å². The molecule has 110 valence electrons. The van der Waals surface area contributed by atoms with Crippen LogP contribution in [0, 0.1) is 6.92 Å². The Morgan fingerprint density at radius 1 is 1.38 bits per heavy atom. The molecule has 0 atom stereocenters. The van der Waals surface area contributed by atoms with Gasteiger partial charge in [0.05, 0.1) is 0 Å². The first-order valence-electron chi connectivity index (χ1n) is 7.07. The lowest BCUT2D eigenvalue weighted by atomic mass is 9.97. The van der Waals surface area contributed by atoms with Gasteiger partial charge in [-0.3, -0.25) is 0 Å². The molecule has 0 aliphatic heterocycles. The van der Waals surface area contributed by atoms with Crippen molar-refractivity contribution >= 4 is 17.6 Å². The molecule has 0 bridgehead atoms. The maximum Gasteiger partial charge on any atom is 0.341 e. The Labute approximate surface area is 127 Å². The van der Waals surface area contributed by atoms with Crippen molar-refractivity contribution in [2.75, 3.05) is 0 Å². The summed E-state index contributed by atoms with van der Waals surface area (Å²) in [6, 6.07) is 5.41. The number of aryl methyl sites for hydroxylation is 1. The van der Waals surface area contributed by atoms with Gasteiger partial charge in [-0.25, -0.2) is 4.79 Å². The number of benzene rings is 1. The molecule has 5 heteroatoms. The molecule has 2 aromatic rings. The first-order chi connectivity index (χ1) is 10.1. The van der Waals surface area contributed by atoms with Crippen LogP contribution in [0.5, 0.6) is 0 Å². The predicted molar refractivity (Wildman–Crippen MR) is 79.9 cm³/mol. The van der Waals surface area contributed by atoms with Gasteiger partial charge in [0.25, 0.3) is 0 Å². The van der Waals surface area contributed by atoms with Gasteiger partial charge in [0.1, 0.15) is 11.3 Å². The van der Waals surface area contributed by atoms with Crippen molar-refractivity contribution in [2.45, 2.75) is 38.5 Å². The molecule has 1 aliphatic carbocycles. The van der Waals surface area contributed by atoms with E-state index in [1.165, 1.54) is 0 Å².